The highest BCUT2D eigenvalue weighted by atomic mass is 16.1. The maximum absolute atomic E-state index is 11.3. The molecule has 6 nitrogen and oxygen atoms in total. The van der Waals surface area contributed by atoms with Gasteiger partial charge in [0, 0.05) is 16.0 Å². The molecule has 0 saturated heterocycles. The number of carbonyl (C=O) groups excluding carboxylic acids is 2. The Kier molecular flexibility index (Phi) is 3.78. The molecule has 0 radical (unpaired) electrons. The van der Waals surface area contributed by atoms with Gasteiger partial charge in [0.1, 0.15) is 0 Å². The molecule has 0 aliphatic heterocycles. The Morgan fingerprint density at radius 1 is 1.31 bits per heavy atom. The summed E-state index contributed by atoms with van der Waals surface area (Å²) in [5.41, 5.74) is 8.60. The van der Waals surface area contributed by atoms with E-state index in [-0.39, 0.29) is 17.8 Å². The number of hydrogen-bond acceptors (Lipinski definition) is 3. The molecule has 0 aliphatic rings. The minimum atomic E-state index is -0.707. The second kappa shape index (κ2) is 5.29. The molecule has 78 valence electrons. The van der Waals surface area contributed by atoms with Crippen molar-refractivity contribution in [1.82, 2.24) is 0 Å². The van der Waals surface area contributed by atoms with Crippen LogP contribution in [0, 0.1) is 11.3 Å². The molecule has 6 heteroatoms. The molecule has 0 saturated carbocycles. The molecular weight excluding hydrogens is 208 g/mol. The third-order valence-electron chi connectivity index (χ3n) is 1.83. The average Bonchev–Trinajstić information content (AvgIpc) is 2.30. The molecule has 1 amide bonds. The van der Waals surface area contributed by atoms with Crippen LogP contribution >= 0.6 is 0 Å². The lowest BCUT2D eigenvalue weighted by molar-refractivity contribution is 0.0987. The number of nitriles is 1. The summed E-state index contributed by atoms with van der Waals surface area (Å²) in [4.78, 5) is 24.7. The highest BCUT2D eigenvalue weighted by molar-refractivity contribution is 5.99. The van der Waals surface area contributed by atoms with Gasteiger partial charge in [0.25, 0.3) is 0 Å². The van der Waals surface area contributed by atoms with Crippen molar-refractivity contribution in [2.24, 2.45) is 5.11 Å². The monoisotopic (exact) mass is 214 g/mol. The van der Waals surface area contributed by atoms with E-state index in [1.807, 2.05) is 0 Å². The van der Waals surface area contributed by atoms with E-state index >= 15 is 0 Å². The molecule has 0 heterocycles. The van der Waals surface area contributed by atoms with Crippen LogP contribution in [0.15, 0.2) is 29.4 Å². The van der Waals surface area contributed by atoms with E-state index in [0.717, 1.165) is 0 Å². The third-order valence-corrected chi connectivity index (χ3v) is 1.83. The van der Waals surface area contributed by atoms with Crippen molar-refractivity contribution >= 4 is 11.7 Å². The smallest absolute Gasteiger partial charge is 0.249 e. The fraction of sp³-hybridized carbons (Fsp3) is 0.100. The Bertz CT molecular complexity index is 507. The minimum absolute atomic E-state index is 0.200. The van der Waals surface area contributed by atoms with E-state index in [4.69, 9.17) is 10.8 Å². The zero-order valence-electron chi connectivity index (χ0n) is 8.12. The van der Waals surface area contributed by atoms with E-state index in [0.29, 0.717) is 5.56 Å². The Labute approximate surface area is 90.7 Å². The molecule has 0 N–H and O–H groups in total. The van der Waals surface area contributed by atoms with Crippen LogP contribution in [0.4, 0.5) is 0 Å². The Morgan fingerprint density at radius 3 is 2.38 bits per heavy atom. The number of hydrogen-bond donors (Lipinski definition) is 0. The van der Waals surface area contributed by atoms with Crippen molar-refractivity contribution in [1.29, 1.82) is 5.26 Å². The van der Waals surface area contributed by atoms with Crippen LogP contribution in [-0.4, -0.2) is 11.7 Å². The number of nitrogens with zero attached hydrogens (tertiary/aromatic N) is 4. The van der Waals surface area contributed by atoms with Crippen LogP contribution in [0.3, 0.4) is 0 Å². The number of carbonyl (C=O) groups is 2. The first-order valence-corrected chi connectivity index (χ1v) is 4.28. The normalized spacial score (nSPS) is 8.69. The van der Waals surface area contributed by atoms with E-state index in [2.05, 4.69) is 10.0 Å². The van der Waals surface area contributed by atoms with Crippen LogP contribution in [0.5, 0.6) is 0 Å². The van der Waals surface area contributed by atoms with Crippen molar-refractivity contribution in [2.45, 2.75) is 6.42 Å². The SMILES string of the molecule is N#CCC(=O)c1ccc(C(=O)N=[N+]=[N-])cc1. The van der Waals surface area contributed by atoms with Gasteiger partial charge < -0.3 is 0 Å². The maximum Gasteiger partial charge on any atom is 0.249 e. The first-order chi connectivity index (χ1) is 7.69. The largest absolute Gasteiger partial charge is 0.293 e. The molecule has 1 aromatic rings. The summed E-state index contributed by atoms with van der Waals surface area (Å²) < 4.78 is 0. The van der Waals surface area contributed by atoms with Crippen LogP contribution < -0.4 is 0 Å². The number of benzene rings is 1. The van der Waals surface area contributed by atoms with E-state index < -0.39 is 5.91 Å². The van der Waals surface area contributed by atoms with Gasteiger partial charge in [-0.15, -0.1) is 0 Å². The fourth-order valence-electron chi connectivity index (χ4n) is 1.07. The molecule has 16 heavy (non-hydrogen) atoms. The van der Waals surface area contributed by atoms with Gasteiger partial charge in [-0.05, 0) is 10.6 Å². The summed E-state index contributed by atoms with van der Waals surface area (Å²) in [6.07, 6.45) is -0.205. The molecule has 0 aromatic heterocycles. The quantitative estimate of drug-likeness (QED) is 0.333. The maximum atomic E-state index is 11.3. The second-order valence-corrected chi connectivity index (χ2v) is 2.83. The highest BCUT2D eigenvalue weighted by Crippen LogP contribution is 2.08. The summed E-state index contributed by atoms with van der Waals surface area (Å²) in [5.74, 6) is -1.02. The molecule has 0 spiro atoms. The Morgan fingerprint density at radius 2 is 1.88 bits per heavy atom. The second-order valence-electron chi connectivity index (χ2n) is 2.83. The van der Waals surface area contributed by atoms with Crippen molar-refractivity contribution in [3.8, 4) is 6.07 Å². The summed E-state index contributed by atoms with van der Waals surface area (Å²) in [6.45, 7) is 0. The fourth-order valence-corrected chi connectivity index (χ4v) is 1.07. The number of azide groups is 1. The third kappa shape index (κ3) is 2.67. The van der Waals surface area contributed by atoms with Crippen LogP contribution in [0.1, 0.15) is 27.1 Å². The van der Waals surface area contributed by atoms with Gasteiger partial charge in [0.05, 0.1) is 12.5 Å². The molecule has 1 aromatic carbocycles. The number of rotatable bonds is 3. The first kappa shape index (κ1) is 11.4. The average molecular weight is 214 g/mol. The molecule has 0 unspecified atom stereocenters. The lowest BCUT2D eigenvalue weighted by Gasteiger charge is -1.97. The Hall–Kier alpha value is -2.64. The van der Waals surface area contributed by atoms with Crippen molar-refractivity contribution in [3.63, 3.8) is 0 Å². The minimum Gasteiger partial charge on any atom is -0.293 e. The summed E-state index contributed by atoms with van der Waals surface area (Å²) in [7, 11) is 0. The van der Waals surface area contributed by atoms with Crippen molar-refractivity contribution < 1.29 is 9.59 Å². The van der Waals surface area contributed by atoms with Gasteiger partial charge in [0.2, 0.25) is 5.91 Å². The lowest BCUT2D eigenvalue weighted by atomic mass is 10.1. The van der Waals surface area contributed by atoms with Gasteiger partial charge in [-0.25, -0.2) is 0 Å². The van der Waals surface area contributed by atoms with Gasteiger partial charge in [0.15, 0.2) is 5.78 Å². The summed E-state index contributed by atoms with van der Waals surface area (Å²) >= 11 is 0. The summed E-state index contributed by atoms with van der Waals surface area (Å²) in [6, 6.07) is 7.33. The number of amides is 1. The molecule has 0 atom stereocenters. The van der Waals surface area contributed by atoms with Gasteiger partial charge in [-0.2, -0.15) is 5.26 Å². The van der Waals surface area contributed by atoms with Gasteiger partial charge >= 0.3 is 0 Å². The lowest BCUT2D eigenvalue weighted by Crippen LogP contribution is -1.99. The van der Waals surface area contributed by atoms with E-state index in [1.165, 1.54) is 24.3 Å². The zero-order valence-corrected chi connectivity index (χ0v) is 8.12. The van der Waals surface area contributed by atoms with Crippen LogP contribution in [0.25, 0.3) is 10.4 Å². The topological polar surface area (TPSA) is 107 Å². The molecule has 0 aliphatic carbocycles. The number of ketones is 1. The predicted octanol–water partition coefficient (Wildman–Crippen LogP) is 2.23. The van der Waals surface area contributed by atoms with Gasteiger partial charge in [-0.3, -0.25) is 9.59 Å². The van der Waals surface area contributed by atoms with Crippen LogP contribution in [-0.2, 0) is 0 Å². The highest BCUT2D eigenvalue weighted by Gasteiger charge is 2.07. The van der Waals surface area contributed by atoms with Crippen LogP contribution in [0.2, 0.25) is 0 Å². The number of Topliss-reactive ketones (excluding diaryl/α,β-unsaturated/α-hetero) is 1. The van der Waals surface area contributed by atoms with Crippen molar-refractivity contribution in [2.75, 3.05) is 0 Å². The molecule has 0 bridgehead atoms. The van der Waals surface area contributed by atoms with E-state index in [9.17, 15) is 9.59 Å². The molecule has 0 fully saturated rings. The zero-order chi connectivity index (χ0) is 12.0. The Balaban J connectivity index is 2.92. The summed E-state index contributed by atoms with van der Waals surface area (Å²) in [5, 5.41) is 11.2. The van der Waals surface area contributed by atoms with Gasteiger partial charge in [-0.1, -0.05) is 24.3 Å². The molecule has 1 rings (SSSR count). The molecular formula is C10H6N4O2. The first-order valence-electron chi connectivity index (χ1n) is 4.28. The standard InChI is InChI=1S/C10H6N4O2/c11-6-5-9(15)7-1-3-8(4-2-7)10(16)13-14-12/h1-4H,5H2. The van der Waals surface area contributed by atoms with Crippen molar-refractivity contribution in [3.05, 3.63) is 45.8 Å². The predicted molar refractivity (Wildman–Crippen MR) is 54.5 cm³/mol. The van der Waals surface area contributed by atoms with E-state index in [1.54, 1.807) is 6.07 Å².